The number of hydrogen-bond donors (Lipinski definition) is 1. The lowest BCUT2D eigenvalue weighted by Crippen LogP contribution is -2.49. The number of nitrogens with one attached hydrogen (secondary N) is 1. The Hall–Kier alpha value is -2.95. The molecule has 0 unspecified atom stereocenters. The zero-order valence-electron chi connectivity index (χ0n) is 16.0. The van der Waals surface area contributed by atoms with E-state index in [0.717, 1.165) is 50.2 Å². The molecule has 1 aliphatic carbocycles. The van der Waals surface area contributed by atoms with E-state index in [2.05, 4.69) is 31.9 Å². The standard InChI is InChI=1S/C22H21N5OS/c23-13-15-1-4-17(5-2-15)26-7-9-27(10-8-26)18-6-3-16(11-18)19-12-20-21(22(28)25-19)29-14-24-20/h1-2,4-5,11-12,14,18H,3,6-10H2,(H,25,28)/t18-/m1/s1. The van der Waals surface area contributed by atoms with Crippen LogP contribution in [0.1, 0.15) is 24.1 Å². The van der Waals surface area contributed by atoms with E-state index < -0.39 is 0 Å². The van der Waals surface area contributed by atoms with Crippen LogP contribution in [-0.2, 0) is 0 Å². The lowest BCUT2D eigenvalue weighted by molar-refractivity contribution is 0.214. The van der Waals surface area contributed by atoms with E-state index in [4.69, 9.17) is 5.26 Å². The molecule has 0 spiro atoms. The molecule has 3 aromatic rings. The third-order valence-electron chi connectivity index (χ3n) is 5.92. The minimum Gasteiger partial charge on any atom is -0.369 e. The van der Waals surface area contributed by atoms with E-state index >= 15 is 0 Å². The second kappa shape index (κ2) is 7.47. The number of aromatic amines is 1. The third kappa shape index (κ3) is 3.46. The number of nitrogens with zero attached hydrogens (tertiary/aromatic N) is 4. The Labute approximate surface area is 172 Å². The zero-order chi connectivity index (χ0) is 19.8. The van der Waals surface area contributed by atoms with Gasteiger partial charge >= 0.3 is 0 Å². The van der Waals surface area contributed by atoms with Crippen LogP contribution in [0.2, 0.25) is 0 Å². The van der Waals surface area contributed by atoms with Crippen molar-refractivity contribution in [2.24, 2.45) is 0 Å². The first kappa shape index (κ1) is 18.1. The van der Waals surface area contributed by atoms with Crippen LogP contribution >= 0.6 is 11.3 Å². The summed E-state index contributed by atoms with van der Waals surface area (Å²) in [4.78, 5) is 24.5. The maximum absolute atomic E-state index is 12.3. The number of H-pyrrole nitrogens is 1. The lowest BCUT2D eigenvalue weighted by atomic mass is 10.1. The molecule has 2 aromatic heterocycles. The Morgan fingerprint density at radius 2 is 1.97 bits per heavy atom. The van der Waals surface area contributed by atoms with Gasteiger partial charge in [0.2, 0.25) is 0 Å². The van der Waals surface area contributed by atoms with Gasteiger partial charge in [0.05, 0.1) is 22.7 Å². The number of anilines is 1. The highest BCUT2D eigenvalue weighted by Crippen LogP contribution is 2.31. The summed E-state index contributed by atoms with van der Waals surface area (Å²) in [5.74, 6) is 0. The number of hydrogen-bond acceptors (Lipinski definition) is 6. The van der Waals surface area contributed by atoms with Gasteiger partial charge in [0.1, 0.15) is 4.70 Å². The van der Waals surface area contributed by atoms with Gasteiger partial charge in [-0.15, -0.1) is 11.3 Å². The van der Waals surface area contributed by atoms with Crippen molar-refractivity contribution in [3.05, 3.63) is 63.5 Å². The Bertz CT molecular complexity index is 1160. The van der Waals surface area contributed by atoms with Crippen LogP contribution in [0.4, 0.5) is 5.69 Å². The van der Waals surface area contributed by atoms with Crippen LogP contribution in [0, 0.1) is 11.3 Å². The van der Waals surface area contributed by atoms with Crippen LogP contribution in [0.5, 0.6) is 0 Å². The molecule has 6 nitrogen and oxygen atoms in total. The summed E-state index contributed by atoms with van der Waals surface area (Å²) in [5.41, 5.74) is 6.48. The Morgan fingerprint density at radius 1 is 1.17 bits per heavy atom. The maximum atomic E-state index is 12.3. The van der Waals surface area contributed by atoms with Gasteiger partial charge in [-0.3, -0.25) is 9.69 Å². The fourth-order valence-electron chi connectivity index (χ4n) is 4.33. The Morgan fingerprint density at radius 3 is 2.72 bits per heavy atom. The average Bonchev–Trinajstić information content (AvgIpc) is 3.44. The van der Waals surface area contributed by atoms with Crippen molar-refractivity contribution in [2.75, 3.05) is 31.1 Å². The molecule has 1 aliphatic heterocycles. The Balaban J connectivity index is 1.27. The first-order chi connectivity index (χ1) is 14.2. The van der Waals surface area contributed by atoms with E-state index in [1.54, 1.807) is 5.51 Å². The SMILES string of the molecule is N#Cc1ccc(N2CCN([C@H]3C=C(c4cc5ncsc5c(=O)[nH]4)CC3)CC2)cc1. The molecule has 0 radical (unpaired) electrons. The van der Waals surface area contributed by atoms with E-state index in [1.807, 2.05) is 30.3 Å². The molecule has 1 saturated heterocycles. The van der Waals surface area contributed by atoms with Gasteiger partial charge in [-0.1, -0.05) is 6.08 Å². The molecule has 2 aliphatic rings. The molecule has 3 heterocycles. The maximum Gasteiger partial charge on any atom is 0.268 e. The van der Waals surface area contributed by atoms with Crippen LogP contribution in [0.15, 0.2) is 46.7 Å². The largest absolute Gasteiger partial charge is 0.369 e. The summed E-state index contributed by atoms with van der Waals surface area (Å²) >= 11 is 1.39. The molecule has 1 aromatic carbocycles. The van der Waals surface area contributed by atoms with Gasteiger partial charge in [-0.2, -0.15) is 5.26 Å². The highest BCUT2D eigenvalue weighted by molar-refractivity contribution is 7.16. The van der Waals surface area contributed by atoms with Crippen molar-refractivity contribution < 1.29 is 0 Å². The van der Waals surface area contributed by atoms with Gasteiger partial charge in [0, 0.05) is 43.6 Å². The first-order valence-electron chi connectivity index (χ1n) is 9.88. The van der Waals surface area contributed by atoms with E-state index in [9.17, 15) is 4.79 Å². The number of rotatable bonds is 3. The summed E-state index contributed by atoms with van der Waals surface area (Å²) in [7, 11) is 0. The fraction of sp³-hybridized carbons (Fsp3) is 0.318. The van der Waals surface area contributed by atoms with E-state index in [1.165, 1.54) is 22.6 Å². The highest BCUT2D eigenvalue weighted by atomic mass is 32.1. The second-order valence-corrected chi connectivity index (χ2v) is 8.41. The molecule has 1 N–H and O–H groups in total. The first-order valence-corrected chi connectivity index (χ1v) is 10.8. The summed E-state index contributed by atoms with van der Waals surface area (Å²) in [6.45, 7) is 3.98. The van der Waals surface area contributed by atoms with Gasteiger partial charge in [0.25, 0.3) is 5.56 Å². The van der Waals surface area contributed by atoms with Crippen LogP contribution in [-0.4, -0.2) is 47.1 Å². The molecule has 5 rings (SSSR count). The second-order valence-electron chi connectivity index (χ2n) is 7.56. The fourth-order valence-corrected chi connectivity index (χ4v) is 4.99. The van der Waals surface area contributed by atoms with E-state index in [0.29, 0.717) is 16.3 Å². The number of nitriles is 1. The summed E-state index contributed by atoms with van der Waals surface area (Å²) in [6, 6.07) is 12.4. The number of aromatic nitrogens is 2. The summed E-state index contributed by atoms with van der Waals surface area (Å²) < 4.78 is 0.697. The minimum absolute atomic E-state index is 0.0413. The highest BCUT2D eigenvalue weighted by Gasteiger charge is 2.27. The molecule has 7 heteroatoms. The van der Waals surface area contributed by atoms with Crippen molar-refractivity contribution in [1.82, 2.24) is 14.9 Å². The van der Waals surface area contributed by atoms with Crippen molar-refractivity contribution >= 4 is 32.8 Å². The van der Waals surface area contributed by atoms with Crippen LogP contribution in [0.25, 0.3) is 15.8 Å². The number of pyridine rings is 1. The van der Waals surface area contributed by atoms with Gasteiger partial charge in [0.15, 0.2) is 0 Å². The summed E-state index contributed by atoms with van der Waals surface area (Å²) in [6.07, 6.45) is 4.39. The van der Waals surface area contributed by atoms with Crippen LogP contribution in [0.3, 0.4) is 0 Å². The minimum atomic E-state index is -0.0413. The van der Waals surface area contributed by atoms with Crippen molar-refractivity contribution in [3.63, 3.8) is 0 Å². The topological polar surface area (TPSA) is 76.0 Å². The monoisotopic (exact) mass is 403 g/mol. The normalized spacial score (nSPS) is 20.0. The predicted molar refractivity (Wildman–Crippen MR) is 116 cm³/mol. The Kier molecular flexibility index (Phi) is 4.66. The number of thiazole rings is 1. The quantitative estimate of drug-likeness (QED) is 0.727. The van der Waals surface area contributed by atoms with Gasteiger partial charge in [-0.25, -0.2) is 4.98 Å². The molecular formula is C22H21N5OS. The molecule has 29 heavy (non-hydrogen) atoms. The summed E-state index contributed by atoms with van der Waals surface area (Å²) in [5, 5.41) is 8.96. The van der Waals surface area contributed by atoms with Gasteiger partial charge < -0.3 is 9.88 Å². The molecular weight excluding hydrogens is 382 g/mol. The number of allylic oxidation sites excluding steroid dienone is 1. The molecule has 146 valence electrons. The lowest BCUT2D eigenvalue weighted by Gasteiger charge is -2.38. The number of piperazine rings is 1. The molecule has 0 saturated carbocycles. The van der Waals surface area contributed by atoms with E-state index in [-0.39, 0.29) is 5.56 Å². The average molecular weight is 404 g/mol. The third-order valence-corrected chi connectivity index (χ3v) is 6.77. The van der Waals surface area contributed by atoms with Gasteiger partial charge in [-0.05, 0) is 48.7 Å². The predicted octanol–water partition coefficient (Wildman–Crippen LogP) is 3.22. The molecule has 1 fully saturated rings. The smallest absolute Gasteiger partial charge is 0.268 e. The molecule has 0 amide bonds. The number of benzene rings is 1. The van der Waals surface area contributed by atoms with Crippen molar-refractivity contribution in [3.8, 4) is 6.07 Å². The van der Waals surface area contributed by atoms with Crippen LogP contribution < -0.4 is 10.5 Å². The van der Waals surface area contributed by atoms with Crippen molar-refractivity contribution in [2.45, 2.75) is 18.9 Å². The molecule has 0 bridgehead atoms. The van der Waals surface area contributed by atoms with Crippen molar-refractivity contribution in [1.29, 1.82) is 5.26 Å². The zero-order valence-corrected chi connectivity index (χ0v) is 16.8. The number of fused-ring (bicyclic) bond motifs is 1. The molecule has 1 atom stereocenters.